The maximum atomic E-state index is 12.5. The highest BCUT2D eigenvalue weighted by molar-refractivity contribution is 6.46. The summed E-state index contributed by atoms with van der Waals surface area (Å²) < 4.78 is 0. The highest BCUT2D eigenvalue weighted by Gasteiger charge is 2.45. The predicted octanol–water partition coefficient (Wildman–Crippen LogP) is 2.49. The fourth-order valence-corrected chi connectivity index (χ4v) is 2.98. The van der Waals surface area contributed by atoms with Crippen LogP contribution in [0, 0.1) is 0 Å². The molecule has 1 saturated heterocycles. The molecule has 0 saturated carbocycles. The highest BCUT2D eigenvalue weighted by atomic mass is 35.5. The number of carbonyl (C=O) groups is 2. The third kappa shape index (κ3) is 3.43. The van der Waals surface area contributed by atoms with Crippen molar-refractivity contribution in [2.24, 2.45) is 5.73 Å². The molecule has 25 heavy (non-hydrogen) atoms. The topological polar surface area (TPSA) is 83.6 Å². The average Bonchev–Trinajstić information content (AvgIpc) is 2.88. The van der Waals surface area contributed by atoms with Crippen molar-refractivity contribution in [3.8, 4) is 0 Å². The minimum Gasteiger partial charge on any atom is -0.507 e. The van der Waals surface area contributed by atoms with Crippen LogP contribution in [0.2, 0.25) is 0 Å². The second-order valence-electron chi connectivity index (χ2n) is 5.56. The minimum absolute atomic E-state index is 0. The smallest absolute Gasteiger partial charge is 0.295 e. The number of ketones is 1. The molecule has 2 aromatic carbocycles. The fourth-order valence-electron chi connectivity index (χ4n) is 2.98. The van der Waals surface area contributed by atoms with Crippen LogP contribution >= 0.6 is 12.4 Å². The lowest BCUT2D eigenvalue weighted by molar-refractivity contribution is -0.139. The van der Waals surface area contributed by atoms with E-state index in [9.17, 15) is 14.7 Å². The Morgan fingerprint density at radius 3 is 2.12 bits per heavy atom. The van der Waals surface area contributed by atoms with Crippen LogP contribution in [0.5, 0.6) is 0 Å². The standard InChI is InChI=1S/C19H18N2O3.ClH/c20-11-12-21-16(13-7-3-1-4-8-13)15(18(23)19(21)24)17(22)14-9-5-2-6-10-14;/h1-10,16,22H,11-12,20H2;1H/b17-15+;. The first kappa shape index (κ1) is 18.7. The lowest BCUT2D eigenvalue weighted by atomic mass is 9.95. The van der Waals surface area contributed by atoms with Gasteiger partial charge >= 0.3 is 0 Å². The maximum Gasteiger partial charge on any atom is 0.295 e. The summed E-state index contributed by atoms with van der Waals surface area (Å²) in [5.41, 5.74) is 6.98. The van der Waals surface area contributed by atoms with Crippen LogP contribution in [0.4, 0.5) is 0 Å². The lowest BCUT2D eigenvalue weighted by Gasteiger charge is -2.24. The largest absolute Gasteiger partial charge is 0.507 e. The van der Waals surface area contributed by atoms with Crippen LogP contribution in [-0.4, -0.2) is 34.8 Å². The van der Waals surface area contributed by atoms with Gasteiger partial charge in [-0.3, -0.25) is 9.59 Å². The molecule has 2 aromatic rings. The number of hydrogen-bond acceptors (Lipinski definition) is 4. The van der Waals surface area contributed by atoms with Crippen molar-refractivity contribution >= 4 is 29.9 Å². The van der Waals surface area contributed by atoms with E-state index in [1.54, 1.807) is 24.3 Å². The second kappa shape index (κ2) is 7.96. The van der Waals surface area contributed by atoms with Crippen LogP contribution in [0.3, 0.4) is 0 Å². The Labute approximate surface area is 152 Å². The van der Waals surface area contributed by atoms with E-state index in [0.29, 0.717) is 5.56 Å². The highest BCUT2D eigenvalue weighted by Crippen LogP contribution is 2.38. The SMILES string of the molecule is Cl.NCCN1C(=O)C(=O)/C(=C(/O)c2ccccc2)C1c1ccccc1. The zero-order valence-electron chi connectivity index (χ0n) is 13.5. The number of aliphatic hydroxyl groups excluding tert-OH is 1. The molecule has 0 aliphatic carbocycles. The number of rotatable bonds is 4. The molecule has 0 spiro atoms. The van der Waals surface area contributed by atoms with Gasteiger partial charge in [-0.1, -0.05) is 60.7 Å². The van der Waals surface area contributed by atoms with E-state index in [1.807, 2.05) is 36.4 Å². The Bertz CT molecular complexity index is 791. The molecule has 1 heterocycles. The molecule has 3 rings (SSSR count). The molecule has 1 fully saturated rings. The molecule has 5 nitrogen and oxygen atoms in total. The van der Waals surface area contributed by atoms with Crippen LogP contribution in [0.25, 0.3) is 5.76 Å². The van der Waals surface area contributed by atoms with Crippen molar-refractivity contribution in [3.05, 3.63) is 77.4 Å². The number of benzene rings is 2. The van der Waals surface area contributed by atoms with Gasteiger partial charge in [0.1, 0.15) is 5.76 Å². The third-order valence-electron chi connectivity index (χ3n) is 4.07. The maximum absolute atomic E-state index is 12.5. The summed E-state index contributed by atoms with van der Waals surface area (Å²) in [6, 6.07) is 17.3. The van der Waals surface area contributed by atoms with Gasteiger partial charge in [0.25, 0.3) is 11.7 Å². The number of nitrogens with two attached hydrogens (primary N) is 1. The van der Waals surface area contributed by atoms with E-state index in [-0.39, 0.29) is 36.8 Å². The van der Waals surface area contributed by atoms with Gasteiger partial charge in [-0.05, 0) is 5.56 Å². The van der Waals surface area contributed by atoms with Gasteiger partial charge in [-0.2, -0.15) is 0 Å². The summed E-state index contributed by atoms with van der Waals surface area (Å²) in [5.74, 6) is -1.48. The summed E-state index contributed by atoms with van der Waals surface area (Å²) in [6.07, 6.45) is 0. The molecule has 130 valence electrons. The zero-order chi connectivity index (χ0) is 17.1. The molecule has 0 aromatic heterocycles. The third-order valence-corrected chi connectivity index (χ3v) is 4.07. The number of nitrogens with zero attached hydrogens (tertiary/aromatic N) is 1. The molecule has 0 bridgehead atoms. The minimum atomic E-state index is -0.682. The van der Waals surface area contributed by atoms with Crippen molar-refractivity contribution in [3.63, 3.8) is 0 Å². The molecule has 6 heteroatoms. The Hall–Kier alpha value is -2.63. The number of amides is 1. The Kier molecular flexibility index (Phi) is 5.96. The number of Topliss-reactive ketones (excluding diaryl/α,β-unsaturated/α-hetero) is 1. The molecular formula is C19H19ClN2O3. The van der Waals surface area contributed by atoms with Crippen molar-refractivity contribution in [1.29, 1.82) is 0 Å². The zero-order valence-corrected chi connectivity index (χ0v) is 14.3. The summed E-state index contributed by atoms with van der Waals surface area (Å²) in [6.45, 7) is 0.484. The van der Waals surface area contributed by atoms with Crippen molar-refractivity contribution in [2.75, 3.05) is 13.1 Å². The van der Waals surface area contributed by atoms with Crippen LogP contribution < -0.4 is 5.73 Å². The first-order chi connectivity index (χ1) is 11.6. The van der Waals surface area contributed by atoms with Crippen LogP contribution in [0.1, 0.15) is 17.2 Å². The monoisotopic (exact) mass is 358 g/mol. The number of carbonyl (C=O) groups excluding carboxylic acids is 2. The number of likely N-dealkylation sites (tertiary alicyclic amines) is 1. The summed E-state index contributed by atoms with van der Waals surface area (Å²) in [5, 5.41) is 10.7. The van der Waals surface area contributed by atoms with Gasteiger partial charge in [0.2, 0.25) is 0 Å². The number of aliphatic hydroxyl groups is 1. The van der Waals surface area contributed by atoms with E-state index in [2.05, 4.69) is 0 Å². The van der Waals surface area contributed by atoms with Crippen LogP contribution in [0.15, 0.2) is 66.2 Å². The van der Waals surface area contributed by atoms with Gasteiger partial charge in [0.05, 0.1) is 11.6 Å². The van der Waals surface area contributed by atoms with Crippen LogP contribution in [-0.2, 0) is 9.59 Å². The van der Waals surface area contributed by atoms with E-state index in [1.165, 1.54) is 4.90 Å². The number of hydrogen-bond donors (Lipinski definition) is 2. The van der Waals surface area contributed by atoms with E-state index < -0.39 is 17.7 Å². The molecule has 0 radical (unpaired) electrons. The quantitative estimate of drug-likeness (QED) is 0.499. The van der Waals surface area contributed by atoms with Crippen molar-refractivity contribution in [2.45, 2.75) is 6.04 Å². The van der Waals surface area contributed by atoms with Gasteiger partial charge in [0, 0.05) is 18.7 Å². The lowest BCUT2D eigenvalue weighted by Crippen LogP contribution is -2.34. The summed E-state index contributed by atoms with van der Waals surface area (Å²) >= 11 is 0. The molecular weight excluding hydrogens is 340 g/mol. The van der Waals surface area contributed by atoms with E-state index in [0.717, 1.165) is 5.56 Å². The Morgan fingerprint density at radius 1 is 1.00 bits per heavy atom. The fraction of sp³-hybridized carbons (Fsp3) is 0.158. The normalized spacial score (nSPS) is 18.9. The first-order valence-electron chi connectivity index (χ1n) is 7.74. The van der Waals surface area contributed by atoms with Gasteiger partial charge in [0.15, 0.2) is 0 Å². The van der Waals surface area contributed by atoms with E-state index in [4.69, 9.17) is 5.73 Å². The molecule has 1 aliphatic rings. The molecule has 1 aliphatic heterocycles. The summed E-state index contributed by atoms with van der Waals surface area (Å²) in [4.78, 5) is 26.4. The predicted molar refractivity (Wildman–Crippen MR) is 98.2 cm³/mol. The molecule has 1 unspecified atom stereocenters. The van der Waals surface area contributed by atoms with E-state index >= 15 is 0 Å². The first-order valence-corrected chi connectivity index (χ1v) is 7.74. The molecule has 3 N–H and O–H groups in total. The average molecular weight is 359 g/mol. The molecule has 1 amide bonds. The Balaban J connectivity index is 0.00000225. The Morgan fingerprint density at radius 2 is 1.56 bits per heavy atom. The van der Waals surface area contributed by atoms with Crippen molar-refractivity contribution in [1.82, 2.24) is 4.90 Å². The molecule has 1 atom stereocenters. The van der Waals surface area contributed by atoms with Gasteiger partial charge < -0.3 is 15.7 Å². The van der Waals surface area contributed by atoms with Crippen molar-refractivity contribution < 1.29 is 14.7 Å². The second-order valence-corrected chi connectivity index (χ2v) is 5.56. The van der Waals surface area contributed by atoms with Gasteiger partial charge in [-0.15, -0.1) is 12.4 Å². The van der Waals surface area contributed by atoms with Gasteiger partial charge in [-0.25, -0.2) is 0 Å². The number of halogens is 1. The summed E-state index contributed by atoms with van der Waals surface area (Å²) in [7, 11) is 0.